The van der Waals surface area contributed by atoms with Crippen LogP contribution in [0.2, 0.25) is 0 Å². The highest BCUT2D eigenvalue weighted by molar-refractivity contribution is 8.02. The third-order valence-electron chi connectivity index (χ3n) is 4.72. The molecule has 1 fully saturated rings. The standard InChI is InChI=1S/C21H33N5O8S/c1-12(28)33-10-13-11-35-18-15(24-20(31)34-21(2,3)4)17(29)26(18)16(13)19(30)32-7-5-6-25(23)8-14(22)9-27/h8,11,15-16,18,27H,5-7,9-10,22-23H2,1-4H3,(H,24,31)/b14-8-/t15-,16-,18-/m1/s1. The van der Waals surface area contributed by atoms with Crippen LogP contribution in [0.3, 0.4) is 0 Å². The Hall–Kier alpha value is -2.97. The lowest BCUT2D eigenvalue weighted by Crippen LogP contribution is -2.74. The van der Waals surface area contributed by atoms with Gasteiger partial charge in [0.05, 0.1) is 18.9 Å². The number of aliphatic hydroxyl groups is 1. The molecule has 0 aromatic rings. The number of carbonyl (C=O) groups excluding carboxylic acids is 4. The molecule has 2 aliphatic rings. The Bertz CT molecular complexity index is 887. The third-order valence-corrected chi connectivity index (χ3v) is 5.94. The molecular weight excluding hydrogens is 482 g/mol. The van der Waals surface area contributed by atoms with E-state index in [1.807, 2.05) is 0 Å². The number of hydrogen-bond acceptors (Lipinski definition) is 12. The van der Waals surface area contributed by atoms with E-state index in [1.54, 1.807) is 26.2 Å². The average molecular weight is 516 g/mol. The number of rotatable bonds is 10. The molecule has 0 bridgehead atoms. The molecule has 2 amide bonds. The predicted octanol–water partition coefficient (Wildman–Crippen LogP) is -0.488. The lowest BCUT2D eigenvalue weighted by atomic mass is 9.98. The van der Waals surface area contributed by atoms with Crippen molar-refractivity contribution in [2.75, 3.05) is 26.4 Å². The van der Waals surface area contributed by atoms with Gasteiger partial charge in [-0.2, -0.15) is 0 Å². The van der Waals surface area contributed by atoms with Crippen LogP contribution in [0, 0.1) is 0 Å². The van der Waals surface area contributed by atoms with Crippen LogP contribution in [-0.2, 0) is 28.6 Å². The minimum Gasteiger partial charge on any atom is -0.464 e. The maximum Gasteiger partial charge on any atom is 0.408 e. The summed E-state index contributed by atoms with van der Waals surface area (Å²) in [5, 5.41) is 13.8. The molecule has 2 heterocycles. The first-order chi connectivity index (χ1) is 16.3. The second kappa shape index (κ2) is 12.1. The number of nitrogens with one attached hydrogen (secondary N) is 1. The van der Waals surface area contributed by atoms with Crippen molar-refractivity contribution in [3.63, 3.8) is 0 Å². The highest BCUT2D eigenvalue weighted by atomic mass is 32.2. The van der Waals surface area contributed by atoms with E-state index in [1.165, 1.54) is 34.8 Å². The summed E-state index contributed by atoms with van der Waals surface area (Å²) in [4.78, 5) is 50.6. The molecule has 0 spiro atoms. The van der Waals surface area contributed by atoms with Gasteiger partial charge in [-0.15, -0.1) is 11.8 Å². The smallest absolute Gasteiger partial charge is 0.408 e. The number of aliphatic hydroxyl groups excluding tert-OH is 1. The van der Waals surface area contributed by atoms with Crippen molar-refractivity contribution in [2.45, 2.75) is 57.2 Å². The first kappa shape index (κ1) is 28.3. The van der Waals surface area contributed by atoms with E-state index in [0.717, 1.165) is 0 Å². The SMILES string of the molecule is CC(=O)OCC1=CS[C@@H]2[C@H](NC(=O)OC(C)(C)C)C(=O)N2[C@H]1C(=O)OCCCN(N)/C=C(\N)CO. The Morgan fingerprint density at radius 3 is 2.60 bits per heavy atom. The lowest BCUT2D eigenvalue weighted by molar-refractivity contribution is -0.163. The van der Waals surface area contributed by atoms with Crippen LogP contribution in [-0.4, -0.2) is 88.4 Å². The number of esters is 2. The lowest BCUT2D eigenvalue weighted by Gasteiger charge is -2.51. The van der Waals surface area contributed by atoms with E-state index >= 15 is 0 Å². The molecule has 6 N–H and O–H groups in total. The summed E-state index contributed by atoms with van der Waals surface area (Å²) in [5.41, 5.74) is 5.32. The summed E-state index contributed by atoms with van der Waals surface area (Å²) in [7, 11) is 0. The van der Waals surface area contributed by atoms with E-state index < -0.39 is 47.0 Å². The summed E-state index contributed by atoms with van der Waals surface area (Å²) in [6.45, 7) is 6.10. The van der Waals surface area contributed by atoms with Crippen molar-refractivity contribution < 1.29 is 38.5 Å². The quantitative estimate of drug-likeness (QED) is 0.0731. The molecule has 0 saturated carbocycles. The summed E-state index contributed by atoms with van der Waals surface area (Å²) in [6.07, 6.45) is 0.968. The van der Waals surface area contributed by atoms with Crippen LogP contribution in [0.1, 0.15) is 34.1 Å². The van der Waals surface area contributed by atoms with Gasteiger partial charge in [-0.25, -0.2) is 15.4 Å². The molecule has 35 heavy (non-hydrogen) atoms. The molecule has 196 valence electrons. The van der Waals surface area contributed by atoms with Gasteiger partial charge in [-0.05, 0) is 26.2 Å². The summed E-state index contributed by atoms with van der Waals surface area (Å²) < 4.78 is 15.6. The third kappa shape index (κ3) is 8.04. The molecule has 1 saturated heterocycles. The number of thioether (sulfide) groups is 1. The maximum atomic E-state index is 12.9. The van der Waals surface area contributed by atoms with Crippen LogP contribution >= 0.6 is 11.8 Å². The molecule has 2 rings (SSSR count). The van der Waals surface area contributed by atoms with E-state index in [4.69, 9.17) is 30.9 Å². The second-order valence-corrected chi connectivity index (χ2v) is 9.88. The van der Waals surface area contributed by atoms with E-state index in [9.17, 15) is 19.2 Å². The first-order valence-electron chi connectivity index (χ1n) is 10.9. The minimum atomic E-state index is -1.11. The molecule has 2 aliphatic heterocycles. The zero-order valence-electron chi connectivity index (χ0n) is 20.2. The zero-order valence-corrected chi connectivity index (χ0v) is 21.0. The van der Waals surface area contributed by atoms with Crippen molar-refractivity contribution in [2.24, 2.45) is 11.6 Å². The topological polar surface area (TPSA) is 187 Å². The van der Waals surface area contributed by atoms with Gasteiger partial charge in [-0.1, -0.05) is 0 Å². The number of nitrogens with zero attached hydrogens (tertiary/aromatic N) is 2. The van der Waals surface area contributed by atoms with E-state index in [-0.39, 0.29) is 32.1 Å². The van der Waals surface area contributed by atoms with Crippen LogP contribution in [0.4, 0.5) is 4.79 Å². The predicted molar refractivity (Wildman–Crippen MR) is 126 cm³/mol. The molecule has 0 aromatic carbocycles. The van der Waals surface area contributed by atoms with E-state index in [0.29, 0.717) is 12.0 Å². The average Bonchev–Trinajstić information content (AvgIpc) is 2.76. The summed E-state index contributed by atoms with van der Waals surface area (Å²) >= 11 is 1.22. The van der Waals surface area contributed by atoms with Crippen molar-refractivity contribution in [1.29, 1.82) is 0 Å². The Morgan fingerprint density at radius 1 is 1.31 bits per heavy atom. The van der Waals surface area contributed by atoms with E-state index in [2.05, 4.69) is 5.32 Å². The Kier molecular flexibility index (Phi) is 9.80. The van der Waals surface area contributed by atoms with Gasteiger partial charge in [0.15, 0.2) is 6.04 Å². The molecule has 0 unspecified atom stereocenters. The molecular formula is C21H33N5O8S. The maximum absolute atomic E-state index is 12.9. The first-order valence-corrected chi connectivity index (χ1v) is 11.8. The molecule has 0 aliphatic carbocycles. The number of β-lactam (4-membered cyclic amide) rings is 1. The summed E-state index contributed by atoms with van der Waals surface area (Å²) in [6, 6.07) is -1.99. The van der Waals surface area contributed by atoms with Gasteiger partial charge in [0, 0.05) is 31.7 Å². The van der Waals surface area contributed by atoms with Crippen LogP contribution in [0.15, 0.2) is 22.9 Å². The van der Waals surface area contributed by atoms with Gasteiger partial charge in [0.25, 0.3) is 0 Å². The second-order valence-electron chi connectivity index (χ2n) is 8.89. The number of amides is 2. The van der Waals surface area contributed by atoms with Crippen molar-refractivity contribution in [3.8, 4) is 0 Å². The van der Waals surface area contributed by atoms with Gasteiger partial charge in [0.2, 0.25) is 5.91 Å². The van der Waals surface area contributed by atoms with Gasteiger partial charge in [0.1, 0.15) is 23.6 Å². The van der Waals surface area contributed by atoms with Crippen molar-refractivity contribution >= 4 is 35.7 Å². The molecule has 14 heteroatoms. The fourth-order valence-electron chi connectivity index (χ4n) is 3.25. The number of alkyl carbamates (subject to hydrolysis) is 1. The van der Waals surface area contributed by atoms with Gasteiger partial charge < -0.3 is 40.3 Å². The van der Waals surface area contributed by atoms with Gasteiger partial charge >= 0.3 is 18.0 Å². The molecule has 0 aromatic heterocycles. The number of ether oxygens (including phenoxy) is 3. The Balaban J connectivity index is 2.04. The van der Waals surface area contributed by atoms with Crippen LogP contribution in [0.5, 0.6) is 0 Å². The fraction of sp³-hybridized carbons (Fsp3) is 0.619. The number of fused-ring (bicyclic) bond motifs is 1. The molecule has 3 atom stereocenters. The number of hydrazine groups is 1. The monoisotopic (exact) mass is 515 g/mol. The summed E-state index contributed by atoms with van der Waals surface area (Å²) in [5.74, 6) is 4.00. The van der Waals surface area contributed by atoms with Crippen LogP contribution < -0.4 is 16.9 Å². The van der Waals surface area contributed by atoms with Gasteiger partial charge in [-0.3, -0.25) is 9.59 Å². The Morgan fingerprint density at radius 2 is 2.00 bits per heavy atom. The van der Waals surface area contributed by atoms with Crippen molar-refractivity contribution in [3.05, 3.63) is 22.9 Å². The fourth-order valence-corrected chi connectivity index (χ4v) is 4.46. The zero-order chi connectivity index (χ0) is 26.3. The highest BCUT2D eigenvalue weighted by Gasteiger charge is 2.56. The molecule has 13 nitrogen and oxygen atoms in total. The number of hydrogen-bond donors (Lipinski definition) is 4. The number of nitrogens with two attached hydrogens (primary N) is 2. The normalized spacial score (nSPS) is 21.8. The van der Waals surface area contributed by atoms with Crippen LogP contribution in [0.25, 0.3) is 0 Å². The Labute approximate surface area is 207 Å². The highest BCUT2D eigenvalue weighted by Crippen LogP contribution is 2.40. The largest absolute Gasteiger partial charge is 0.464 e. The number of carbonyl (C=O) groups is 4. The van der Waals surface area contributed by atoms with Crippen molar-refractivity contribution in [1.82, 2.24) is 15.2 Å². The minimum absolute atomic E-state index is 0.00379. The molecule has 0 radical (unpaired) electrons.